The van der Waals surface area contributed by atoms with Gasteiger partial charge in [0, 0.05) is 32.2 Å². The Labute approximate surface area is 191 Å². The Balaban J connectivity index is 0.00000729. The first kappa shape index (κ1) is 27.9. The lowest BCUT2D eigenvalue weighted by atomic mass is 10.2. The topological polar surface area (TPSA) is 46.1 Å². The fourth-order valence-corrected chi connectivity index (χ4v) is 3.60. The summed E-state index contributed by atoms with van der Waals surface area (Å²) >= 11 is 0. The van der Waals surface area contributed by atoms with Gasteiger partial charge in [0.2, 0.25) is 0 Å². The lowest BCUT2D eigenvalue weighted by molar-refractivity contribution is 0.275. The molecule has 168 valence electrons. The van der Waals surface area contributed by atoms with E-state index >= 15 is 0 Å². The molecule has 0 aromatic rings. The maximum atomic E-state index is 4.80. The van der Waals surface area contributed by atoms with Crippen LogP contribution in [-0.2, 0) is 0 Å². The molecule has 1 saturated heterocycles. The highest BCUT2D eigenvalue weighted by Gasteiger charge is 2.11. The molecule has 1 rings (SSSR count). The standard InChI is InChI=1S/C21H46N6.HI/c1-6-22-21(24-20(4)12-9-15-26(7-2)8-3)23-13-10-16-27-17-11-14-25(5)18-19-27;/h20H,6-19H2,1-5H3,(H2,22,23,24);1H. The Hall–Kier alpha value is -0.120. The maximum Gasteiger partial charge on any atom is 0.191 e. The molecule has 1 heterocycles. The molecule has 0 radical (unpaired) electrons. The molecule has 0 aromatic heterocycles. The molecule has 1 unspecified atom stereocenters. The van der Waals surface area contributed by atoms with Crippen LogP contribution in [0.1, 0.15) is 53.4 Å². The minimum atomic E-state index is 0. The first-order valence-electron chi connectivity index (χ1n) is 11.3. The molecular formula is C21H47IN6. The summed E-state index contributed by atoms with van der Waals surface area (Å²) in [6.45, 7) is 20.2. The summed E-state index contributed by atoms with van der Waals surface area (Å²) in [5.41, 5.74) is 0. The van der Waals surface area contributed by atoms with E-state index in [4.69, 9.17) is 4.99 Å². The second kappa shape index (κ2) is 17.7. The van der Waals surface area contributed by atoms with Gasteiger partial charge in [0.1, 0.15) is 0 Å². The second-order valence-corrected chi connectivity index (χ2v) is 7.83. The molecule has 1 fully saturated rings. The van der Waals surface area contributed by atoms with Crippen molar-refractivity contribution in [3.8, 4) is 0 Å². The normalized spacial score (nSPS) is 17.9. The van der Waals surface area contributed by atoms with Gasteiger partial charge >= 0.3 is 0 Å². The van der Waals surface area contributed by atoms with E-state index in [1.807, 2.05) is 0 Å². The summed E-state index contributed by atoms with van der Waals surface area (Å²) in [5, 5.41) is 6.98. The average Bonchev–Trinajstić information content (AvgIpc) is 2.86. The van der Waals surface area contributed by atoms with Crippen LogP contribution in [0.2, 0.25) is 0 Å². The average molecular weight is 511 g/mol. The van der Waals surface area contributed by atoms with Gasteiger partial charge in [0.05, 0.1) is 0 Å². The molecule has 1 aliphatic rings. The van der Waals surface area contributed by atoms with E-state index in [9.17, 15) is 0 Å². The van der Waals surface area contributed by atoms with Crippen LogP contribution in [0.15, 0.2) is 4.99 Å². The Kier molecular flexibility index (Phi) is 17.6. The third kappa shape index (κ3) is 13.2. The van der Waals surface area contributed by atoms with Crippen molar-refractivity contribution in [2.45, 2.75) is 59.4 Å². The van der Waals surface area contributed by atoms with E-state index in [1.54, 1.807) is 0 Å². The summed E-state index contributed by atoms with van der Waals surface area (Å²) in [7, 11) is 2.23. The molecule has 0 saturated carbocycles. The summed E-state index contributed by atoms with van der Waals surface area (Å²) in [6.07, 6.45) is 4.84. The van der Waals surface area contributed by atoms with Crippen molar-refractivity contribution >= 4 is 29.9 Å². The fourth-order valence-electron chi connectivity index (χ4n) is 3.60. The number of hydrogen-bond donors (Lipinski definition) is 2. The van der Waals surface area contributed by atoms with Crippen LogP contribution in [-0.4, -0.2) is 99.2 Å². The summed E-state index contributed by atoms with van der Waals surface area (Å²) in [4.78, 5) is 12.3. The van der Waals surface area contributed by atoms with Crippen molar-refractivity contribution in [2.24, 2.45) is 4.99 Å². The molecule has 0 aromatic carbocycles. The predicted molar refractivity (Wildman–Crippen MR) is 134 cm³/mol. The number of nitrogens with one attached hydrogen (secondary N) is 2. The van der Waals surface area contributed by atoms with Crippen molar-refractivity contribution < 1.29 is 0 Å². The van der Waals surface area contributed by atoms with E-state index < -0.39 is 0 Å². The van der Waals surface area contributed by atoms with Crippen LogP contribution in [0, 0.1) is 0 Å². The van der Waals surface area contributed by atoms with Gasteiger partial charge in [-0.05, 0) is 85.8 Å². The molecule has 1 aliphatic heterocycles. The van der Waals surface area contributed by atoms with Gasteiger partial charge in [-0.2, -0.15) is 0 Å². The Bertz CT molecular complexity index is 389. The molecule has 0 aliphatic carbocycles. The Morgan fingerprint density at radius 1 is 1.07 bits per heavy atom. The van der Waals surface area contributed by atoms with Crippen LogP contribution in [0.4, 0.5) is 0 Å². The van der Waals surface area contributed by atoms with E-state index in [1.165, 1.54) is 52.0 Å². The van der Waals surface area contributed by atoms with Crippen LogP contribution in [0.3, 0.4) is 0 Å². The van der Waals surface area contributed by atoms with E-state index in [2.05, 4.69) is 60.1 Å². The van der Waals surface area contributed by atoms with Gasteiger partial charge < -0.3 is 25.3 Å². The largest absolute Gasteiger partial charge is 0.357 e. The molecule has 1 atom stereocenters. The first-order valence-corrected chi connectivity index (χ1v) is 11.3. The third-order valence-electron chi connectivity index (χ3n) is 5.45. The van der Waals surface area contributed by atoms with E-state index in [0.29, 0.717) is 6.04 Å². The van der Waals surface area contributed by atoms with Crippen LogP contribution < -0.4 is 10.6 Å². The maximum absolute atomic E-state index is 4.80. The van der Waals surface area contributed by atoms with Crippen molar-refractivity contribution in [2.75, 3.05) is 72.5 Å². The molecule has 0 amide bonds. The van der Waals surface area contributed by atoms with Gasteiger partial charge in [-0.1, -0.05) is 13.8 Å². The molecule has 0 bridgehead atoms. The fraction of sp³-hybridized carbons (Fsp3) is 0.952. The lowest BCUT2D eigenvalue weighted by Crippen LogP contribution is -2.42. The number of guanidine groups is 1. The second-order valence-electron chi connectivity index (χ2n) is 7.83. The highest BCUT2D eigenvalue weighted by Crippen LogP contribution is 2.02. The number of halogens is 1. The smallest absolute Gasteiger partial charge is 0.191 e. The van der Waals surface area contributed by atoms with Gasteiger partial charge in [-0.25, -0.2) is 0 Å². The van der Waals surface area contributed by atoms with Crippen molar-refractivity contribution in [3.63, 3.8) is 0 Å². The SMILES string of the molecule is CCNC(=NCCCN1CCCN(C)CC1)NC(C)CCCN(CC)CC.I. The Morgan fingerprint density at radius 2 is 1.82 bits per heavy atom. The van der Waals surface area contributed by atoms with Gasteiger partial charge in [0.15, 0.2) is 5.96 Å². The molecular weight excluding hydrogens is 463 g/mol. The monoisotopic (exact) mass is 510 g/mol. The van der Waals surface area contributed by atoms with Crippen LogP contribution in [0.5, 0.6) is 0 Å². The minimum absolute atomic E-state index is 0. The van der Waals surface area contributed by atoms with Crippen molar-refractivity contribution in [1.29, 1.82) is 0 Å². The van der Waals surface area contributed by atoms with Gasteiger partial charge in [-0.15, -0.1) is 24.0 Å². The molecule has 2 N–H and O–H groups in total. The van der Waals surface area contributed by atoms with Crippen molar-refractivity contribution in [3.05, 3.63) is 0 Å². The predicted octanol–water partition coefficient (Wildman–Crippen LogP) is 2.70. The van der Waals surface area contributed by atoms with E-state index in [0.717, 1.165) is 45.1 Å². The molecule has 6 nitrogen and oxygen atoms in total. The summed E-state index contributed by atoms with van der Waals surface area (Å²) in [5.74, 6) is 0.975. The molecule has 28 heavy (non-hydrogen) atoms. The summed E-state index contributed by atoms with van der Waals surface area (Å²) in [6, 6.07) is 0.458. The van der Waals surface area contributed by atoms with Gasteiger partial charge in [-0.3, -0.25) is 4.99 Å². The number of likely N-dealkylation sites (N-methyl/N-ethyl adjacent to an activating group) is 1. The Morgan fingerprint density at radius 3 is 2.50 bits per heavy atom. The number of rotatable bonds is 12. The van der Waals surface area contributed by atoms with E-state index in [-0.39, 0.29) is 24.0 Å². The van der Waals surface area contributed by atoms with Crippen LogP contribution in [0.25, 0.3) is 0 Å². The van der Waals surface area contributed by atoms with Crippen molar-refractivity contribution in [1.82, 2.24) is 25.3 Å². The third-order valence-corrected chi connectivity index (χ3v) is 5.45. The lowest BCUT2D eigenvalue weighted by Gasteiger charge is -2.21. The highest BCUT2D eigenvalue weighted by atomic mass is 127. The number of nitrogens with zero attached hydrogens (tertiary/aromatic N) is 4. The number of hydrogen-bond acceptors (Lipinski definition) is 4. The summed E-state index contributed by atoms with van der Waals surface area (Å²) < 4.78 is 0. The van der Waals surface area contributed by atoms with Crippen LogP contribution >= 0.6 is 24.0 Å². The number of aliphatic imine (C=N–C) groups is 1. The zero-order valence-electron chi connectivity index (χ0n) is 19.2. The molecule has 0 spiro atoms. The zero-order valence-corrected chi connectivity index (χ0v) is 21.5. The quantitative estimate of drug-likeness (QED) is 0.183. The first-order chi connectivity index (χ1) is 13.1. The zero-order chi connectivity index (χ0) is 19.9. The highest BCUT2D eigenvalue weighted by molar-refractivity contribution is 14.0. The molecule has 7 heteroatoms. The van der Waals surface area contributed by atoms with Gasteiger partial charge in [0.25, 0.3) is 0 Å². The minimum Gasteiger partial charge on any atom is -0.357 e.